The first-order valence-electron chi connectivity index (χ1n) is 4.90. The summed E-state index contributed by atoms with van der Waals surface area (Å²) < 4.78 is 30.5. The third-order valence-electron chi connectivity index (χ3n) is 2.52. The summed E-state index contributed by atoms with van der Waals surface area (Å²) >= 11 is 5.86. The number of rotatable bonds is 2. The van der Waals surface area contributed by atoms with Crippen LogP contribution in [-0.4, -0.2) is 30.8 Å². The van der Waals surface area contributed by atoms with Crippen molar-refractivity contribution >= 4 is 33.3 Å². The lowest BCUT2D eigenvalue weighted by molar-refractivity contribution is -0.117. The Morgan fingerprint density at radius 2 is 1.88 bits per heavy atom. The highest BCUT2D eigenvalue weighted by Gasteiger charge is 2.29. The number of anilines is 1. The van der Waals surface area contributed by atoms with E-state index in [0.29, 0.717) is 12.2 Å². The lowest BCUT2D eigenvalue weighted by Crippen LogP contribution is -2.24. The van der Waals surface area contributed by atoms with E-state index in [1.165, 1.54) is 29.2 Å². The van der Waals surface area contributed by atoms with Crippen LogP contribution in [0.5, 0.6) is 0 Å². The van der Waals surface area contributed by atoms with Crippen molar-refractivity contribution in [3.05, 3.63) is 24.3 Å². The fourth-order valence-electron chi connectivity index (χ4n) is 1.71. The van der Waals surface area contributed by atoms with E-state index < -0.39 is 10.1 Å². The predicted molar refractivity (Wildman–Crippen MR) is 62.9 cm³/mol. The van der Waals surface area contributed by atoms with Crippen molar-refractivity contribution in [2.45, 2.75) is 16.7 Å². The molecule has 2 rings (SSSR count). The lowest BCUT2D eigenvalue weighted by Gasteiger charge is -2.15. The van der Waals surface area contributed by atoms with Crippen LogP contribution < -0.4 is 4.90 Å². The molecule has 1 fully saturated rings. The number of hydrogen-bond donors (Lipinski definition) is 1. The van der Waals surface area contributed by atoms with Gasteiger partial charge in [0.15, 0.2) is 0 Å². The average Bonchev–Trinajstić information content (AvgIpc) is 2.57. The molecule has 0 aliphatic carbocycles. The molecule has 0 radical (unpaired) electrons. The molecule has 1 N–H and O–H groups in total. The van der Waals surface area contributed by atoms with E-state index in [9.17, 15) is 13.2 Å². The van der Waals surface area contributed by atoms with Crippen molar-refractivity contribution in [3.63, 3.8) is 0 Å². The molecule has 1 aliphatic heterocycles. The maximum absolute atomic E-state index is 11.5. The minimum atomic E-state index is -4.20. The summed E-state index contributed by atoms with van der Waals surface area (Å²) in [5, 5.41) is -0.219. The number of amides is 1. The van der Waals surface area contributed by atoms with E-state index in [1.54, 1.807) is 0 Å². The summed E-state index contributed by atoms with van der Waals surface area (Å²) in [6.45, 7) is 0.408. The van der Waals surface area contributed by atoms with E-state index in [1.807, 2.05) is 0 Å². The van der Waals surface area contributed by atoms with Crippen LogP contribution in [-0.2, 0) is 14.9 Å². The van der Waals surface area contributed by atoms with E-state index in [-0.39, 0.29) is 22.6 Å². The molecule has 1 heterocycles. The first-order chi connectivity index (χ1) is 7.88. The van der Waals surface area contributed by atoms with Crippen LogP contribution in [0.1, 0.15) is 6.42 Å². The molecular weight excluding hydrogens is 266 g/mol. The van der Waals surface area contributed by atoms with Gasteiger partial charge in [-0.15, -0.1) is 11.6 Å². The van der Waals surface area contributed by atoms with E-state index in [0.717, 1.165) is 0 Å². The Hall–Kier alpha value is -1.11. The molecule has 1 atom stereocenters. The molecule has 92 valence electrons. The Labute approximate surface area is 104 Å². The topological polar surface area (TPSA) is 74.7 Å². The summed E-state index contributed by atoms with van der Waals surface area (Å²) in [5.74, 6) is -0.0930. The highest BCUT2D eigenvalue weighted by molar-refractivity contribution is 7.85. The molecule has 1 saturated heterocycles. The zero-order valence-corrected chi connectivity index (χ0v) is 10.3. The molecule has 1 aromatic carbocycles. The first kappa shape index (κ1) is 12.3. The highest BCUT2D eigenvalue weighted by atomic mass is 35.5. The smallest absolute Gasteiger partial charge is 0.294 e. The van der Waals surface area contributed by atoms with Crippen molar-refractivity contribution in [2.24, 2.45) is 0 Å². The van der Waals surface area contributed by atoms with Crippen LogP contribution in [0.3, 0.4) is 0 Å². The Morgan fingerprint density at radius 1 is 1.29 bits per heavy atom. The van der Waals surface area contributed by atoms with Gasteiger partial charge in [0.05, 0.1) is 10.3 Å². The van der Waals surface area contributed by atoms with Gasteiger partial charge in [0.2, 0.25) is 5.91 Å². The second kappa shape index (κ2) is 4.29. The maximum Gasteiger partial charge on any atom is 0.294 e. The number of halogens is 1. The van der Waals surface area contributed by atoms with Gasteiger partial charge in [-0.05, 0) is 24.3 Å². The van der Waals surface area contributed by atoms with Crippen LogP contribution in [0.15, 0.2) is 29.2 Å². The van der Waals surface area contributed by atoms with Gasteiger partial charge in [0.1, 0.15) is 0 Å². The number of nitrogens with zero attached hydrogens (tertiary/aromatic N) is 1. The molecule has 1 unspecified atom stereocenters. The lowest BCUT2D eigenvalue weighted by atomic mass is 10.3. The fourth-order valence-corrected chi connectivity index (χ4v) is 2.46. The van der Waals surface area contributed by atoms with Crippen molar-refractivity contribution in [1.29, 1.82) is 0 Å². The fraction of sp³-hybridized carbons (Fsp3) is 0.300. The third-order valence-corrected chi connectivity index (χ3v) is 3.68. The van der Waals surface area contributed by atoms with Crippen molar-refractivity contribution in [1.82, 2.24) is 0 Å². The number of alkyl halides is 1. The molecule has 1 aromatic rings. The van der Waals surface area contributed by atoms with Gasteiger partial charge in [-0.25, -0.2) is 0 Å². The zero-order chi connectivity index (χ0) is 12.6. The highest BCUT2D eigenvalue weighted by Crippen LogP contribution is 2.25. The van der Waals surface area contributed by atoms with Gasteiger partial charge in [0.25, 0.3) is 10.1 Å². The molecule has 0 bridgehead atoms. The summed E-state index contributed by atoms with van der Waals surface area (Å²) in [6.07, 6.45) is 0.279. The largest absolute Gasteiger partial charge is 0.311 e. The molecule has 0 aromatic heterocycles. The van der Waals surface area contributed by atoms with Crippen molar-refractivity contribution in [2.75, 3.05) is 11.4 Å². The molecule has 17 heavy (non-hydrogen) atoms. The van der Waals surface area contributed by atoms with Gasteiger partial charge >= 0.3 is 0 Å². The first-order valence-corrected chi connectivity index (χ1v) is 6.77. The SMILES string of the molecule is O=C1CC(Cl)CN1c1ccc(S(=O)(=O)O)cc1. The normalized spacial score (nSPS) is 20.9. The van der Waals surface area contributed by atoms with Crippen molar-refractivity contribution < 1.29 is 17.8 Å². The number of hydrogen-bond acceptors (Lipinski definition) is 3. The predicted octanol–water partition coefficient (Wildman–Crippen LogP) is 1.28. The maximum atomic E-state index is 11.5. The summed E-state index contributed by atoms with van der Waals surface area (Å²) in [7, 11) is -4.20. The Kier molecular flexibility index (Phi) is 3.11. The summed E-state index contributed by atoms with van der Waals surface area (Å²) in [6, 6.07) is 5.44. The third kappa shape index (κ3) is 2.59. The Balaban J connectivity index is 2.28. The van der Waals surface area contributed by atoms with Crippen molar-refractivity contribution in [3.8, 4) is 0 Å². The van der Waals surface area contributed by atoms with Crippen LogP contribution in [0, 0.1) is 0 Å². The quantitative estimate of drug-likeness (QED) is 0.652. The molecule has 1 amide bonds. The Bertz CT molecular complexity index is 540. The standard InChI is InChI=1S/C10H10ClNO4S/c11-7-5-10(13)12(6-7)8-1-3-9(4-2-8)17(14,15)16/h1-4,7H,5-6H2,(H,14,15,16). The molecule has 0 spiro atoms. The minimum Gasteiger partial charge on any atom is -0.311 e. The zero-order valence-electron chi connectivity index (χ0n) is 8.71. The van der Waals surface area contributed by atoms with E-state index in [2.05, 4.69) is 0 Å². The second-order valence-electron chi connectivity index (χ2n) is 3.77. The van der Waals surface area contributed by atoms with Gasteiger partial charge in [-0.3, -0.25) is 9.35 Å². The van der Waals surface area contributed by atoms with Crippen LogP contribution in [0.25, 0.3) is 0 Å². The molecule has 1 aliphatic rings. The molecule has 7 heteroatoms. The van der Waals surface area contributed by atoms with Gasteiger partial charge in [-0.1, -0.05) is 0 Å². The average molecular weight is 276 g/mol. The summed E-state index contributed by atoms with van der Waals surface area (Å²) in [4.78, 5) is 12.8. The molecule has 0 saturated carbocycles. The monoisotopic (exact) mass is 275 g/mol. The van der Waals surface area contributed by atoms with E-state index >= 15 is 0 Å². The van der Waals surface area contributed by atoms with Crippen LogP contribution >= 0.6 is 11.6 Å². The van der Waals surface area contributed by atoms with Gasteiger partial charge < -0.3 is 4.90 Å². The van der Waals surface area contributed by atoms with Crippen LogP contribution in [0.4, 0.5) is 5.69 Å². The molecule has 5 nitrogen and oxygen atoms in total. The number of carbonyl (C=O) groups excluding carboxylic acids is 1. The second-order valence-corrected chi connectivity index (χ2v) is 5.81. The Morgan fingerprint density at radius 3 is 2.29 bits per heavy atom. The number of benzene rings is 1. The minimum absolute atomic E-state index is 0.0930. The van der Waals surface area contributed by atoms with Gasteiger partial charge in [0, 0.05) is 18.7 Å². The number of carbonyl (C=O) groups is 1. The van der Waals surface area contributed by atoms with E-state index in [4.69, 9.17) is 16.2 Å². The summed E-state index contributed by atoms with van der Waals surface area (Å²) in [5.41, 5.74) is 0.575. The molecular formula is C10H10ClNO4S. The van der Waals surface area contributed by atoms with Gasteiger partial charge in [-0.2, -0.15) is 8.42 Å². The van der Waals surface area contributed by atoms with Crippen LogP contribution in [0.2, 0.25) is 0 Å².